The number of aryl methyl sites for hydroxylation is 1. The standard InChI is InChI=1S/C13H15ClN2/c14-11-2-1-3-12-10(11)8-9(16-12)4-5-13(15)6-7-13/h1-3,8,16H,4-7,15H2. The third kappa shape index (κ3) is 1.83. The molecular weight excluding hydrogens is 220 g/mol. The number of aromatic nitrogens is 1. The third-order valence-corrected chi connectivity index (χ3v) is 3.78. The number of rotatable bonds is 3. The van der Waals surface area contributed by atoms with E-state index in [1.54, 1.807) is 0 Å². The Morgan fingerprint density at radius 1 is 1.38 bits per heavy atom. The fourth-order valence-electron chi connectivity index (χ4n) is 2.10. The molecule has 0 aliphatic heterocycles. The lowest BCUT2D eigenvalue weighted by Gasteiger charge is -2.05. The maximum Gasteiger partial charge on any atom is 0.0499 e. The van der Waals surface area contributed by atoms with Gasteiger partial charge in [0.25, 0.3) is 0 Å². The normalized spacial score (nSPS) is 17.9. The molecule has 3 N–H and O–H groups in total. The second-order valence-electron chi connectivity index (χ2n) is 4.86. The predicted octanol–water partition coefficient (Wildman–Crippen LogP) is 3.25. The summed E-state index contributed by atoms with van der Waals surface area (Å²) in [5.41, 5.74) is 8.56. The van der Waals surface area contributed by atoms with Gasteiger partial charge in [0.2, 0.25) is 0 Å². The highest BCUT2D eigenvalue weighted by molar-refractivity contribution is 6.35. The molecule has 0 bridgehead atoms. The molecule has 1 saturated carbocycles. The van der Waals surface area contributed by atoms with E-state index in [1.165, 1.54) is 18.5 Å². The largest absolute Gasteiger partial charge is 0.358 e. The fourth-order valence-corrected chi connectivity index (χ4v) is 2.33. The molecule has 1 aromatic heterocycles. The summed E-state index contributed by atoms with van der Waals surface area (Å²) in [5.74, 6) is 0. The van der Waals surface area contributed by atoms with Crippen LogP contribution in [0.15, 0.2) is 24.3 Å². The smallest absolute Gasteiger partial charge is 0.0499 e. The van der Waals surface area contributed by atoms with E-state index in [4.69, 9.17) is 17.3 Å². The topological polar surface area (TPSA) is 41.8 Å². The van der Waals surface area contributed by atoms with E-state index < -0.39 is 0 Å². The summed E-state index contributed by atoms with van der Waals surface area (Å²) < 4.78 is 0. The third-order valence-electron chi connectivity index (χ3n) is 3.45. The van der Waals surface area contributed by atoms with Gasteiger partial charge < -0.3 is 10.7 Å². The number of nitrogens with one attached hydrogen (secondary N) is 1. The van der Waals surface area contributed by atoms with E-state index >= 15 is 0 Å². The van der Waals surface area contributed by atoms with Gasteiger partial charge in [-0.15, -0.1) is 0 Å². The lowest BCUT2D eigenvalue weighted by Crippen LogP contribution is -2.22. The van der Waals surface area contributed by atoms with Gasteiger partial charge in [0.15, 0.2) is 0 Å². The van der Waals surface area contributed by atoms with Crippen molar-refractivity contribution >= 4 is 22.5 Å². The molecule has 3 heteroatoms. The van der Waals surface area contributed by atoms with Crippen molar-refractivity contribution in [1.29, 1.82) is 0 Å². The molecule has 1 aliphatic rings. The lowest BCUT2D eigenvalue weighted by molar-refractivity contribution is 0.605. The molecule has 84 valence electrons. The van der Waals surface area contributed by atoms with E-state index in [-0.39, 0.29) is 5.54 Å². The Hall–Kier alpha value is -0.990. The Morgan fingerprint density at radius 2 is 2.19 bits per heavy atom. The summed E-state index contributed by atoms with van der Waals surface area (Å²) in [7, 11) is 0. The van der Waals surface area contributed by atoms with Crippen molar-refractivity contribution in [2.75, 3.05) is 0 Å². The maximum atomic E-state index is 6.13. The second kappa shape index (κ2) is 3.51. The van der Waals surface area contributed by atoms with Gasteiger partial charge >= 0.3 is 0 Å². The van der Waals surface area contributed by atoms with Crippen molar-refractivity contribution in [2.24, 2.45) is 5.73 Å². The summed E-state index contributed by atoms with van der Waals surface area (Å²) in [4.78, 5) is 3.40. The average molecular weight is 235 g/mol. The molecule has 2 nitrogen and oxygen atoms in total. The molecule has 1 aliphatic carbocycles. The zero-order valence-corrected chi connectivity index (χ0v) is 9.85. The van der Waals surface area contributed by atoms with Crippen LogP contribution >= 0.6 is 11.6 Å². The number of H-pyrrole nitrogens is 1. The first-order valence-corrected chi connectivity index (χ1v) is 6.09. The van der Waals surface area contributed by atoms with Crippen LogP contribution in [0.3, 0.4) is 0 Å². The summed E-state index contributed by atoms with van der Waals surface area (Å²) >= 11 is 6.13. The van der Waals surface area contributed by atoms with Crippen LogP contribution < -0.4 is 5.73 Å². The number of aromatic amines is 1. The Labute approximate surface area is 99.8 Å². The monoisotopic (exact) mass is 234 g/mol. The van der Waals surface area contributed by atoms with Gasteiger partial charge in [0.1, 0.15) is 0 Å². The number of fused-ring (bicyclic) bond motifs is 1. The van der Waals surface area contributed by atoms with Gasteiger partial charge in [0.05, 0.1) is 0 Å². The summed E-state index contributed by atoms with van der Waals surface area (Å²) in [6.07, 6.45) is 4.43. The highest BCUT2D eigenvalue weighted by Crippen LogP contribution is 2.36. The number of hydrogen-bond donors (Lipinski definition) is 2. The average Bonchev–Trinajstić information content (AvgIpc) is 2.84. The zero-order valence-electron chi connectivity index (χ0n) is 9.09. The SMILES string of the molecule is NC1(CCc2cc3c(Cl)cccc3[nH]2)CC1. The van der Waals surface area contributed by atoms with Gasteiger partial charge in [-0.05, 0) is 43.9 Å². The molecule has 0 atom stereocenters. The fraction of sp³-hybridized carbons (Fsp3) is 0.385. The Bertz CT molecular complexity index is 526. The van der Waals surface area contributed by atoms with E-state index in [0.29, 0.717) is 0 Å². The number of hydrogen-bond acceptors (Lipinski definition) is 1. The molecule has 0 unspecified atom stereocenters. The van der Waals surface area contributed by atoms with Crippen LogP contribution in [-0.2, 0) is 6.42 Å². The summed E-state index contributed by atoms with van der Waals surface area (Å²) in [6.45, 7) is 0. The van der Waals surface area contributed by atoms with Crippen molar-refractivity contribution in [1.82, 2.24) is 4.98 Å². The molecule has 0 amide bonds. The van der Waals surface area contributed by atoms with Crippen LogP contribution in [0.25, 0.3) is 10.9 Å². The summed E-state index contributed by atoms with van der Waals surface area (Å²) in [5, 5.41) is 1.93. The number of nitrogens with two attached hydrogens (primary N) is 1. The quantitative estimate of drug-likeness (QED) is 0.841. The van der Waals surface area contributed by atoms with Gasteiger partial charge in [0, 0.05) is 27.2 Å². The highest BCUT2D eigenvalue weighted by atomic mass is 35.5. The molecule has 1 fully saturated rings. The lowest BCUT2D eigenvalue weighted by atomic mass is 10.1. The van der Waals surface area contributed by atoms with Gasteiger partial charge in [-0.25, -0.2) is 0 Å². The second-order valence-corrected chi connectivity index (χ2v) is 5.27. The Balaban J connectivity index is 1.85. The van der Waals surface area contributed by atoms with Crippen molar-refractivity contribution in [3.63, 3.8) is 0 Å². The van der Waals surface area contributed by atoms with E-state index in [9.17, 15) is 0 Å². The zero-order chi connectivity index (χ0) is 11.2. The van der Waals surface area contributed by atoms with Crippen LogP contribution in [0.4, 0.5) is 0 Å². The predicted molar refractivity (Wildman–Crippen MR) is 67.8 cm³/mol. The molecule has 2 aromatic rings. The van der Waals surface area contributed by atoms with Crippen LogP contribution in [0.2, 0.25) is 5.02 Å². The minimum Gasteiger partial charge on any atom is -0.358 e. The molecule has 3 rings (SSSR count). The Kier molecular flexibility index (Phi) is 2.23. The van der Waals surface area contributed by atoms with Gasteiger partial charge in [-0.1, -0.05) is 17.7 Å². The van der Waals surface area contributed by atoms with E-state index in [2.05, 4.69) is 17.1 Å². The molecule has 1 aromatic carbocycles. The van der Waals surface area contributed by atoms with E-state index in [1.807, 2.05) is 12.1 Å². The van der Waals surface area contributed by atoms with Crippen LogP contribution in [0.1, 0.15) is 25.0 Å². The number of benzene rings is 1. The molecule has 0 saturated heterocycles. The van der Waals surface area contributed by atoms with Crippen molar-refractivity contribution in [2.45, 2.75) is 31.2 Å². The Morgan fingerprint density at radius 3 is 2.88 bits per heavy atom. The minimum absolute atomic E-state index is 0.126. The minimum atomic E-state index is 0.126. The van der Waals surface area contributed by atoms with Gasteiger partial charge in [-0.3, -0.25) is 0 Å². The molecule has 0 radical (unpaired) electrons. The molecule has 1 heterocycles. The van der Waals surface area contributed by atoms with Crippen LogP contribution in [-0.4, -0.2) is 10.5 Å². The number of halogens is 1. The first-order chi connectivity index (χ1) is 7.66. The molecule has 16 heavy (non-hydrogen) atoms. The molecule has 0 spiro atoms. The van der Waals surface area contributed by atoms with E-state index in [0.717, 1.165) is 28.8 Å². The first kappa shape index (κ1) is 10.2. The molecular formula is C13H15ClN2. The first-order valence-electron chi connectivity index (χ1n) is 5.71. The summed E-state index contributed by atoms with van der Waals surface area (Å²) in [6, 6.07) is 8.09. The van der Waals surface area contributed by atoms with Crippen LogP contribution in [0.5, 0.6) is 0 Å². The highest BCUT2D eigenvalue weighted by Gasteiger charge is 2.37. The maximum absolute atomic E-state index is 6.13. The van der Waals surface area contributed by atoms with Crippen molar-refractivity contribution < 1.29 is 0 Å². The van der Waals surface area contributed by atoms with Crippen molar-refractivity contribution in [3.05, 3.63) is 35.0 Å². The van der Waals surface area contributed by atoms with Crippen LogP contribution in [0, 0.1) is 0 Å². The van der Waals surface area contributed by atoms with Gasteiger partial charge in [-0.2, -0.15) is 0 Å². The van der Waals surface area contributed by atoms with Crippen molar-refractivity contribution in [3.8, 4) is 0 Å².